The summed E-state index contributed by atoms with van der Waals surface area (Å²) in [4.78, 5) is 10.2. The highest BCUT2D eigenvalue weighted by molar-refractivity contribution is 5.75. The lowest BCUT2D eigenvalue weighted by Gasteiger charge is -2.34. The first-order chi connectivity index (χ1) is 9.78. The molecule has 107 valence electrons. The van der Waals surface area contributed by atoms with E-state index < -0.39 is 0 Å². The van der Waals surface area contributed by atoms with Crippen LogP contribution in [0.15, 0.2) is 18.2 Å². The summed E-state index contributed by atoms with van der Waals surface area (Å²) in [5.41, 5.74) is 1.55. The lowest BCUT2D eigenvalue weighted by atomic mass is 10.0. The highest BCUT2D eigenvalue weighted by Gasteiger charge is 2.26. The summed E-state index contributed by atoms with van der Waals surface area (Å²) in [5, 5.41) is 10.7. The van der Waals surface area contributed by atoms with Crippen LogP contribution in [0.4, 0.5) is 4.39 Å². The SMILES string of the molecule is [O]CCCN1CCCCC1c1nc2cc(F)ccc2[nH]1. The van der Waals surface area contributed by atoms with Gasteiger partial charge < -0.3 is 4.98 Å². The maximum absolute atomic E-state index is 13.2. The molecule has 1 atom stereocenters. The lowest BCUT2D eigenvalue weighted by Crippen LogP contribution is -2.35. The number of aromatic amines is 1. The van der Waals surface area contributed by atoms with E-state index in [1.54, 1.807) is 6.07 Å². The van der Waals surface area contributed by atoms with Gasteiger partial charge in [-0.15, -0.1) is 0 Å². The fraction of sp³-hybridized carbons (Fsp3) is 0.533. The number of rotatable bonds is 4. The third-order valence-electron chi connectivity index (χ3n) is 3.98. The summed E-state index contributed by atoms with van der Waals surface area (Å²) in [6.07, 6.45) is 4.06. The Labute approximate surface area is 117 Å². The molecule has 4 nitrogen and oxygen atoms in total. The standard InChI is InChI=1S/C15H19FN3O/c16-11-5-6-12-13(10-11)18-15(17-12)14-4-1-2-7-19(14)8-3-9-20/h5-6,10,14H,1-4,7-9H2,(H,17,18). The number of halogens is 1. The van der Waals surface area contributed by atoms with E-state index in [0.29, 0.717) is 11.9 Å². The van der Waals surface area contributed by atoms with Gasteiger partial charge in [-0.2, -0.15) is 0 Å². The average Bonchev–Trinajstić information content (AvgIpc) is 2.88. The Morgan fingerprint density at radius 2 is 2.30 bits per heavy atom. The number of imidazole rings is 1. The van der Waals surface area contributed by atoms with E-state index in [0.717, 1.165) is 30.9 Å². The Bertz CT molecular complexity index is 584. The van der Waals surface area contributed by atoms with Gasteiger partial charge in [-0.1, -0.05) is 6.42 Å². The molecule has 1 fully saturated rings. The molecule has 0 bridgehead atoms. The Morgan fingerprint density at radius 1 is 1.40 bits per heavy atom. The molecule has 1 unspecified atom stereocenters. The van der Waals surface area contributed by atoms with Crippen molar-refractivity contribution in [2.24, 2.45) is 0 Å². The van der Waals surface area contributed by atoms with Crippen molar-refractivity contribution < 1.29 is 9.50 Å². The molecule has 0 spiro atoms. The molecule has 3 rings (SSSR count). The van der Waals surface area contributed by atoms with E-state index in [2.05, 4.69) is 14.9 Å². The van der Waals surface area contributed by atoms with Crippen molar-refractivity contribution in [2.45, 2.75) is 31.7 Å². The van der Waals surface area contributed by atoms with Gasteiger partial charge in [0.2, 0.25) is 0 Å². The molecular weight excluding hydrogens is 257 g/mol. The van der Waals surface area contributed by atoms with Crippen molar-refractivity contribution in [3.8, 4) is 0 Å². The van der Waals surface area contributed by atoms with Gasteiger partial charge in [-0.25, -0.2) is 14.5 Å². The molecule has 2 heterocycles. The third kappa shape index (κ3) is 2.69. The first-order valence-corrected chi connectivity index (χ1v) is 7.25. The maximum atomic E-state index is 13.2. The van der Waals surface area contributed by atoms with Crippen LogP contribution in [-0.2, 0) is 5.11 Å². The van der Waals surface area contributed by atoms with Gasteiger partial charge in [-0.3, -0.25) is 4.90 Å². The Hall–Kier alpha value is -1.46. The highest BCUT2D eigenvalue weighted by atomic mass is 19.1. The van der Waals surface area contributed by atoms with Crippen molar-refractivity contribution in [2.75, 3.05) is 19.7 Å². The van der Waals surface area contributed by atoms with E-state index in [1.165, 1.54) is 25.0 Å². The Kier molecular flexibility index (Phi) is 3.98. The zero-order chi connectivity index (χ0) is 13.9. The van der Waals surface area contributed by atoms with Crippen LogP contribution in [0, 0.1) is 5.82 Å². The van der Waals surface area contributed by atoms with Gasteiger partial charge in [0, 0.05) is 12.6 Å². The minimum absolute atomic E-state index is 0.0332. The van der Waals surface area contributed by atoms with E-state index in [1.807, 2.05) is 0 Å². The Morgan fingerprint density at radius 3 is 3.15 bits per heavy atom. The second-order valence-corrected chi connectivity index (χ2v) is 5.39. The fourth-order valence-corrected chi connectivity index (χ4v) is 2.99. The molecule has 1 aliphatic heterocycles. The fourth-order valence-electron chi connectivity index (χ4n) is 2.99. The van der Waals surface area contributed by atoms with Crippen molar-refractivity contribution in [1.29, 1.82) is 0 Å². The number of aromatic nitrogens is 2. The van der Waals surface area contributed by atoms with E-state index >= 15 is 0 Å². The molecule has 0 amide bonds. The normalized spacial score (nSPS) is 20.6. The second kappa shape index (κ2) is 5.89. The molecule has 1 saturated heterocycles. The number of likely N-dealkylation sites (tertiary alicyclic amines) is 1. The van der Waals surface area contributed by atoms with Crippen LogP contribution in [0.3, 0.4) is 0 Å². The number of nitrogens with zero attached hydrogens (tertiary/aromatic N) is 2. The van der Waals surface area contributed by atoms with Crippen LogP contribution in [0.1, 0.15) is 37.5 Å². The number of piperidine rings is 1. The van der Waals surface area contributed by atoms with Gasteiger partial charge in [0.15, 0.2) is 0 Å². The summed E-state index contributed by atoms with van der Waals surface area (Å²) >= 11 is 0. The minimum Gasteiger partial charge on any atom is -0.341 e. The summed E-state index contributed by atoms with van der Waals surface area (Å²) < 4.78 is 13.2. The molecule has 1 N–H and O–H groups in total. The van der Waals surface area contributed by atoms with Gasteiger partial charge in [0.25, 0.3) is 0 Å². The zero-order valence-corrected chi connectivity index (χ0v) is 11.4. The summed E-state index contributed by atoms with van der Waals surface area (Å²) in [7, 11) is 0. The van der Waals surface area contributed by atoms with Gasteiger partial charge in [0.1, 0.15) is 11.6 Å². The van der Waals surface area contributed by atoms with Crippen molar-refractivity contribution in [1.82, 2.24) is 14.9 Å². The maximum Gasteiger partial charge on any atom is 0.125 e. The van der Waals surface area contributed by atoms with E-state index in [-0.39, 0.29) is 18.5 Å². The Balaban J connectivity index is 1.86. The lowest BCUT2D eigenvalue weighted by molar-refractivity contribution is 0.115. The predicted octanol–water partition coefficient (Wildman–Crippen LogP) is 3.05. The molecule has 5 heteroatoms. The molecule has 1 aliphatic rings. The number of hydrogen-bond acceptors (Lipinski definition) is 2. The molecule has 2 aromatic rings. The topological polar surface area (TPSA) is 51.8 Å². The van der Waals surface area contributed by atoms with Crippen molar-refractivity contribution in [3.63, 3.8) is 0 Å². The van der Waals surface area contributed by atoms with Crippen LogP contribution in [0.5, 0.6) is 0 Å². The molecule has 1 aromatic carbocycles. The van der Waals surface area contributed by atoms with Crippen LogP contribution in [0.25, 0.3) is 11.0 Å². The predicted molar refractivity (Wildman–Crippen MR) is 74.4 cm³/mol. The molecule has 1 radical (unpaired) electrons. The molecular formula is C15H19FN3O. The molecule has 0 aliphatic carbocycles. The zero-order valence-electron chi connectivity index (χ0n) is 11.4. The van der Waals surface area contributed by atoms with Gasteiger partial charge in [0.05, 0.1) is 23.7 Å². The first-order valence-electron chi connectivity index (χ1n) is 7.25. The van der Waals surface area contributed by atoms with E-state index in [4.69, 9.17) is 0 Å². The largest absolute Gasteiger partial charge is 0.341 e. The highest BCUT2D eigenvalue weighted by Crippen LogP contribution is 2.30. The minimum atomic E-state index is -0.262. The molecule has 1 aromatic heterocycles. The van der Waals surface area contributed by atoms with Gasteiger partial charge >= 0.3 is 0 Å². The first kappa shape index (κ1) is 13.5. The number of nitrogens with one attached hydrogen (secondary N) is 1. The average molecular weight is 276 g/mol. The number of fused-ring (bicyclic) bond motifs is 1. The van der Waals surface area contributed by atoms with E-state index in [9.17, 15) is 9.50 Å². The summed E-state index contributed by atoms with van der Waals surface area (Å²) in [6.45, 7) is 1.80. The number of benzene rings is 1. The second-order valence-electron chi connectivity index (χ2n) is 5.39. The number of H-pyrrole nitrogens is 1. The molecule has 0 saturated carbocycles. The van der Waals surface area contributed by atoms with Crippen LogP contribution >= 0.6 is 0 Å². The van der Waals surface area contributed by atoms with Crippen LogP contribution in [0.2, 0.25) is 0 Å². The summed E-state index contributed by atoms with van der Waals surface area (Å²) in [5.74, 6) is 0.638. The quantitative estimate of drug-likeness (QED) is 0.933. The smallest absolute Gasteiger partial charge is 0.125 e. The molecule has 20 heavy (non-hydrogen) atoms. The number of hydrogen-bond donors (Lipinski definition) is 1. The summed E-state index contributed by atoms with van der Waals surface area (Å²) in [6, 6.07) is 4.86. The van der Waals surface area contributed by atoms with Crippen molar-refractivity contribution in [3.05, 3.63) is 29.8 Å². The van der Waals surface area contributed by atoms with Gasteiger partial charge in [-0.05, 0) is 37.9 Å². The van der Waals surface area contributed by atoms with Crippen LogP contribution < -0.4 is 0 Å². The van der Waals surface area contributed by atoms with Crippen molar-refractivity contribution >= 4 is 11.0 Å². The van der Waals surface area contributed by atoms with Crippen LogP contribution in [-0.4, -0.2) is 34.6 Å². The third-order valence-corrected chi connectivity index (χ3v) is 3.98. The monoisotopic (exact) mass is 276 g/mol.